The summed E-state index contributed by atoms with van der Waals surface area (Å²) in [5.74, 6) is 1.58. The van der Waals surface area contributed by atoms with Crippen LogP contribution >= 0.6 is 0 Å². The zero-order valence-electron chi connectivity index (χ0n) is 10.4. The van der Waals surface area contributed by atoms with Crippen LogP contribution in [0.15, 0.2) is 18.2 Å². The molecule has 1 fully saturated rings. The second kappa shape index (κ2) is 4.66. The molecule has 2 aliphatic rings. The molecule has 2 atom stereocenters. The Kier molecular flexibility index (Phi) is 3.01. The van der Waals surface area contributed by atoms with Gasteiger partial charge in [-0.25, -0.2) is 0 Å². The second-order valence-corrected chi connectivity index (χ2v) is 4.85. The lowest BCUT2D eigenvalue weighted by molar-refractivity contribution is 0.174. The Hall–Kier alpha value is -1.46. The third-order valence-corrected chi connectivity index (χ3v) is 3.45. The van der Waals surface area contributed by atoms with Gasteiger partial charge in [0.05, 0.1) is 6.10 Å². The van der Waals surface area contributed by atoms with Crippen LogP contribution < -0.4 is 19.7 Å². The molecule has 3 rings (SSSR count). The molecule has 1 aromatic carbocycles. The molecule has 2 heterocycles. The molecule has 2 unspecified atom stereocenters. The molecule has 18 heavy (non-hydrogen) atoms. The van der Waals surface area contributed by atoms with E-state index in [0.29, 0.717) is 25.9 Å². The fraction of sp³-hybridized carbons (Fsp3) is 0.538. The number of β-amino-alcohol motifs (C(OH)–C–C–N with tert-alkyl or cyclic N) is 1. The van der Waals surface area contributed by atoms with E-state index < -0.39 is 0 Å². The first-order valence-corrected chi connectivity index (χ1v) is 6.29. The number of ether oxygens (including phenoxy) is 2. The van der Waals surface area contributed by atoms with Gasteiger partial charge in [-0.05, 0) is 19.1 Å². The van der Waals surface area contributed by atoms with Crippen LogP contribution in [0.25, 0.3) is 0 Å². The number of aliphatic hydroxyl groups is 1. The van der Waals surface area contributed by atoms with Gasteiger partial charge in [-0.2, -0.15) is 0 Å². The van der Waals surface area contributed by atoms with E-state index in [1.807, 2.05) is 18.2 Å². The topological polar surface area (TPSA) is 54.0 Å². The maximum Gasteiger partial charge on any atom is 0.231 e. The maximum atomic E-state index is 9.87. The van der Waals surface area contributed by atoms with Gasteiger partial charge in [0.25, 0.3) is 0 Å². The monoisotopic (exact) mass is 250 g/mol. The molecule has 0 bridgehead atoms. The van der Waals surface area contributed by atoms with Gasteiger partial charge in [0.1, 0.15) is 0 Å². The predicted octanol–water partition coefficient (Wildman–Crippen LogP) is 0.574. The van der Waals surface area contributed by atoms with Crippen LogP contribution in [0, 0.1) is 0 Å². The fourth-order valence-electron chi connectivity index (χ4n) is 2.46. The molecule has 0 aliphatic carbocycles. The standard InChI is InChI=1S/C13H18N2O3/c1-9-5-14-6-11(16)7-15(9)10-2-3-12-13(4-10)18-8-17-12/h2-4,9,11,14,16H,5-8H2,1H3. The number of hydrogen-bond donors (Lipinski definition) is 2. The molecule has 98 valence electrons. The third-order valence-electron chi connectivity index (χ3n) is 3.45. The van der Waals surface area contributed by atoms with Crippen LogP contribution in [0.5, 0.6) is 11.5 Å². The Balaban J connectivity index is 1.87. The van der Waals surface area contributed by atoms with Gasteiger partial charge in [-0.1, -0.05) is 0 Å². The Labute approximate surface area is 106 Å². The van der Waals surface area contributed by atoms with Gasteiger partial charge >= 0.3 is 0 Å². The zero-order chi connectivity index (χ0) is 12.5. The Bertz CT molecular complexity index is 438. The lowest BCUT2D eigenvalue weighted by atomic mass is 10.2. The summed E-state index contributed by atoms with van der Waals surface area (Å²) in [6, 6.07) is 6.26. The Morgan fingerprint density at radius 1 is 1.28 bits per heavy atom. The molecule has 0 amide bonds. The predicted molar refractivity (Wildman–Crippen MR) is 68.2 cm³/mol. The van der Waals surface area contributed by atoms with Crippen molar-refractivity contribution in [2.24, 2.45) is 0 Å². The molecule has 5 nitrogen and oxygen atoms in total. The second-order valence-electron chi connectivity index (χ2n) is 4.85. The lowest BCUT2D eigenvalue weighted by Crippen LogP contribution is -2.39. The highest BCUT2D eigenvalue weighted by Gasteiger charge is 2.23. The first-order chi connectivity index (χ1) is 8.74. The van der Waals surface area contributed by atoms with E-state index in [9.17, 15) is 5.11 Å². The summed E-state index contributed by atoms with van der Waals surface area (Å²) >= 11 is 0. The molecular weight excluding hydrogens is 232 g/mol. The lowest BCUT2D eigenvalue weighted by Gasteiger charge is -2.30. The molecule has 0 radical (unpaired) electrons. The van der Waals surface area contributed by atoms with Gasteiger partial charge < -0.3 is 24.8 Å². The number of fused-ring (bicyclic) bond motifs is 1. The van der Waals surface area contributed by atoms with Crippen molar-refractivity contribution in [3.05, 3.63) is 18.2 Å². The van der Waals surface area contributed by atoms with E-state index in [0.717, 1.165) is 23.7 Å². The van der Waals surface area contributed by atoms with Crippen LogP contribution in [0.2, 0.25) is 0 Å². The third kappa shape index (κ3) is 2.11. The summed E-state index contributed by atoms with van der Waals surface area (Å²) in [6.45, 7) is 4.58. The summed E-state index contributed by atoms with van der Waals surface area (Å²) in [5.41, 5.74) is 1.06. The van der Waals surface area contributed by atoms with Crippen molar-refractivity contribution >= 4 is 5.69 Å². The van der Waals surface area contributed by atoms with Crippen molar-refractivity contribution in [3.63, 3.8) is 0 Å². The van der Waals surface area contributed by atoms with E-state index in [1.165, 1.54) is 0 Å². The molecule has 2 aliphatic heterocycles. The number of nitrogens with zero attached hydrogens (tertiary/aromatic N) is 1. The van der Waals surface area contributed by atoms with Crippen LogP contribution in [0.3, 0.4) is 0 Å². The summed E-state index contributed by atoms with van der Waals surface area (Å²) in [6.07, 6.45) is -0.347. The minimum atomic E-state index is -0.347. The number of aliphatic hydroxyl groups excluding tert-OH is 1. The van der Waals surface area contributed by atoms with Gasteiger partial charge in [0.15, 0.2) is 11.5 Å². The van der Waals surface area contributed by atoms with Crippen molar-refractivity contribution in [2.75, 3.05) is 31.3 Å². The highest BCUT2D eigenvalue weighted by Crippen LogP contribution is 2.36. The largest absolute Gasteiger partial charge is 0.454 e. The fourth-order valence-corrected chi connectivity index (χ4v) is 2.46. The molecule has 1 saturated heterocycles. The van der Waals surface area contributed by atoms with Crippen molar-refractivity contribution < 1.29 is 14.6 Å². The quantitative estimate of drug-likeness (QED) is 0.763. The summed E-state index contributed by atoms with van der Waals surface area (Å²) in [7, 11) is 0. The minimum absolute atomic E-state index is 0.290. The summed E-state index contributed by atoms with van der Waals surface area (Å²) in [4.78, 5) is 2.20. The van der Waals surface area contributed by atoms with Gasteiger partial charge in [-0.15, -0.1) is 0 Å². The van der Waals surface area contributed by atoms with Crippen molar-refractivity contribution in [1.29, 1.82) is 0 Å². The first-order valence-electron chi connectivity index (χ1n) is 6.29. The smallest absolute Gasteiger partial charge is 0.231 e. The van der Waals surface area contributed by atoms with Crippen molar-refractivity contribution in [2.45, 2.75) is 19.1 Å². The van der Waals surface area contributed by atoms with Crippen molar-refractivity contribution in [1.82, 2.24) is 5.32 Å². The molecular formula is C13H18N2O3. The van der Waals surface area contributed by atoms with Crippen LogP contribution in [-0.2, 0) is 0 Å². The number of hydrogen-bond acceptors (Lipinski definition) is 5. The highest BCUT2D eigenvalue weighted by molar-refractivity contribution is 5.57. The van der Waals surface area contributed by atoms with E-state index >= 15 is 0 Å². The number of anilines is 1. The van der Waals surface area contributed by atoms with Gasteiger partial charge in [-0.3, -0.25) is 0 Å². The summed E-state index contributed by atoms with van der Waals surface area (Å²) in [5, 5.41) is 13.1. The normalized spacial score (nSPS) is 27.1. The Morgan fingerprint density at radius 2 is 2.11 bits per heavy atom. The van der Waals surface area contributed by atoms with Crippen molar-refractivity contribution in [3.8, 4) is 11.5 Å². The SMILES string of the molecule is CC1CNCC(O)CN1c1ccc2c(c1)OCO2. The Morgan fingerprint density at radius 3 is 3.00 bits per heavy atom. The molecule has 0 spiro atoms. The molecule has 0 aromatic heterocycles. The minimum Gasteiger partial charge on any atom is -0.454 e. The number of nitrogens with one attached hydrogen (secondary N) is 1. The highest BCUT2D eigenvalue weighted by atomic mass is 16.7. The van der Waals surface area contributed by atoms with E-state index in [1.54, 1.807) is 0 Å². The van der Waals surface area contributed by atoms with Crippen LogP contribution in [0.4, 0.5) is 5.69 Å². The maximum absolute atomic E-state index is 9.87. The number of benzene rings is 1. The molecule has 5 heteroatoms. The van der Waals surface area contributed by atoms with Crippen LogP contribution in [-0.4, -0.2) is 43.7 Å². The average Bonchev–Trinajstić information content (AvgIpc) is 2.76. The molecule has 2 N–H and O–H groups in total. The summed E-state index contributed by atoms with van der Waals surface area (Å²) < 4.78 is 10.7. The van der Waals surface area contributed by atoms with Gasteiger partial charge in [0.2, 0.25) is 6.79 Å². The number of rotatable bonds is 1. The zero-order valence-corrected chi connectivity index (χ0v) is 10.4. The van der Waals surface area contributed by atoms with Crippen LogP contribution in [0.1, 0.15) is 6.92 Å². The van der Waals surface area contributed by atoms with E-state index in [4.69, 9.17) is 9.47 Å². The average molecular weight is 250 g/mol. The van der Waals surface area contributed by atoms with E-state index in [2.05, 4.69) is 17.1 Å². The van der Waals surface area contributed by atoms with Gasteiger partial charge in [0, 0.05) is 37.4 Å². The van der Waals surface area contributed by atoms with E-state index in [-0.39, 0.29) is 6.10 Å². The first kappa shape index (κ1) is 11.6. The molecule has 0 saturated carbocycles. The molecule has 1 aromatic rings.